The monoisotopic (exact) mass is 355 g/mol. The molecule has 3 aliphatic heterocycles. The fourth-order valence-corrected chi connectivity index (χ4v) is 3.75. The number of hydrogen-bond donors (Lipinski definition) is 1. The molecule has 3 heterocycles. The van der Waals surface area contributed by atoms with Crippen LogP contribution in [0.4, 0.5) is 4.79 Å². The van der Waals surface area contributed by atoms with Gasteiger partial charge in [0, 0.05) is 13.1 Å². The van der Waals surface area contributed by atoms with Crippen LogP contribution in [0.2, 0.25) is 0 Å². The Morgan fingerprint density at radius 2 is 1.85 bits per heavy atom. The van der Waals surface area contributed by atoms with Crippen LogP contribution in [0, 0.1) is 0 Å². The molecule has 1 aromatic carbocycles. The molecule has 0 spiro atoms. The molecule has 7 heteroatoms. The van der Waals surface area contributed by atoms with E-state index in [1.165, 1.54) is 4.90 Å². The fourth-order valence-electron chi connectivity index (χ4n) is 3.75. The Kier molecular flexibility index (Phi) is 4.36. The quantitative estimate of drug-likeness (QED) is 0.835. The first kappa shape index (κ1) is 16.6. The summed E-state index contributed by atoms with van der Waals surface area (Å²) in [4.78, 5) is 40.7. The lowest BCUT2D eigenvalue weighted by Crippen LogP contribution is -2.51. The molecule has 3 amide bonds. The Labute approximate surface area is 151 Å². The van der Waals surface area contributed by atoms with E-state index < -0.39 is 12.0 Å². The summed E-state index contributed by atoms with van der Waals surface area (Å²) in [6, 6.07) is 8.38. The summed E-state index contributed by atoms with van der Waals surface area (Å²) >= 11 is 0. The average molecular weight is 355 g/mol. The van der Waals surface area contributed by atoms with E-state index in [0.29, 0.717) is 11.3 Å². The second kappa shape index (κ2) is 6.82. The van der Waals surface area contributed by atoms with Gasteiger partial charge < -0.3 is 15.0 Å². The molecule has 1 aromatic rings. The number of hydrogen-bond acceptors (Lipinski definition) is 4. The van der Waals surface area contributed by atoms with Crippen LogP contribution < -0.4 is 5.32 Å². The van der Waals surface area contributed by atoms with Gasteiger partial charge in [-0.25, -0.2) is 9.59 Å². The number of ether oxygens (including phenoxy) is 1. The normalized spacial score (nSPS) is 22.8. The third-order valence-electron chi connectivity index (χ3n) is 5.13. The van der Waals surface area contributed by atoms with Gasteiger partial charge in [-0.15, -0.1) is 0 Å². The van der Waals surface area contributed by atoms with Crippen LogP contribution in [0.25, 0.3) is 0 Å². The minimum absolute atomic E-state index is 0.0260. The van der Waals surface area contributed by atoms with E-state index in [1.54, 1.807) is 4.90 Å². The van der Waals surface area contributed by atoms with Gasteiger partial charge in [-0.05, 0) is 24.8 Å². The van der Waals surface area contributed by atoms with Crippen molar-refractivity contribution in [2.75, 3.05) is 26.2 Å². The van der Waals surface area contributed by atoms with Crippen molar-refractivity contribution in [2.24, 2.45) is 0 Å². The van der Waals surface area contributed by atoms with Crippen molar-refractivity contribution < 1.29 is 19.1 Å². The first-order valence-electron chi connectivity index (χ1n) is 8.96. The third-order valence-corrected chi connectivity index (χ3v) is 5.13. The van der Waals surface area contributed by atoms with Crippen molar-refractivity contribution in [3.8, 4) is 0 Å². The number of benzene rings is 1. The largest absolute Gasteiger partial charge is 0.456 e. The van der Waals surface area contributed by atoms with Gasteiger partial charge in [0.05, 0.1) is 17.3 Å². The van der Waals surface area contributed by atoms with Gasteiger partial charge in [0.2, 0.25) is 5.91 Å². The summed E-state index contributed by atoms with van der Waals surface area (Å²) < 4.78 is 5.19. The number of urea groups is 1. The topological polar surface area (TPSA) is 79.0 Å². The zero-order valence-corrected chi connectivity index (χ0v) is 14.4. The molecule has 26 heavy (non-hydrogen) atoms. The van der Waals surface area contributed by atoms with Gasteiger partial charge in [0.1, 0.15) is 13.2 Å². The summed E-state index contributed by atoms with van der Waals surface area (Å²) in [7, 11) is 0. The molecule has 7 nitrogen and oxygen atoms in total. The molecule has 4 rings (SSSR count). The van der Waals surface area contributed by atoms with Crippen molar-refractivity contribution in [2.45, 2.75) is 25.3 Å². The van der Waals surface area contributed by atoms with E-state index in [-0.39, 0.29) is 25.1 Å². The van der Waals surface area contributed by atoms with E-state index in [1.807, 2.05) is 30.3 Å². The van der Waals surface area contributed by atoms with Crippen molar-refractivity contribution in [3.05, 3.63) is 47.2 Å². The van der Waals surface area contributed by atoms with Crippen LogP contribution in [-0.2, 0) is 14.3 Å². The van der Waals surface area contributed by atoms with Gasteiger partial charge in [-0.2, -0.15) is 0 Å². The third kappa shape index (κ3) is 2.94. The molecule has 1 atom stereocenters. The minimum atomic E-state index is -0.546. The number of amides is 3. The lowest BCUT2D eigenvalue weighted by Gasteiger charge is -2.34. The van der Waals surface area contributed by atoms with Crippen LogP contribution in [0.1, 0.15) is 30.9 Å². The zero-order valence-electron chi connectivity index (χ0n) is 14.4. The Balaban J connectivity index is 1.61. The average Bonchev–Trinajstić information content (AvgIpc) is 3.07. The van der Waals surface area contributed by atoms with Gasteiger partial charge >= 0.3 is 12.0 Å². The molecule has 1 N–H and O–H groups in total. The molecule has 3 aliphatic rings. The first-order chi connectivity index (χ1) is 12.6. The Bertz CT molecular complexity index is 768. The fraction of sp³-hybridized carbons (Fsp3) is 0.421. The number of nitrogens with zero attached hydrogens (tertiary/aromatic N) is 2. The predicted molar refractivity (Wildman–Crippen MR) is 92.8 cm³/mol. The summed E-state index contributed by atoms with van der Waals surface area (Å²) in [5.41, 5.74) is 1.73. The second-order valence-electron chi connectivity index (χ2n) is 6.76. The van der Waals surface area contributed by atoms with Gasteiger partial charge in [-0.1, -0.05) is 30.3 Å². The molecule has 0 aliphatic carbocycles. The van der Waals surface area contributed by atoms with E-state index >= 15 is 0 Å². The molecular weight excluding hydrogens is 334 g/mol. The minimum Gasteiger partial charge on any atom is -0.456 e. The Hall–Kier alpha value is -2.83. The molecule has 0 aromatic heterocycles. The number of rotatable bonds is 3. The number of likely N-dealkylation sites (tertiary alicyclic amines) is 1. The highest BCUT2D eigenvalue weighted by molar-refractivity contribution is 5.98. The maximum atomic E-state index is 12.7. The van der Waals surface area contributed by atoms with E-state index in [0.717, 1.165) is 37.9 Å². The summed E-state index contributed by atoms with van der Waals surface area (Å²) in [6.07, 6.45) is 3.11. The Morgan fingerprint density at radius 3 is 2.58 bits per heavy atom. The highest BCUT2D eigenvalue weighted by Gasteiger charge is 2.43. The van der Waals surface area contributed by atoms with Crippen LogP contribution in [0.15, 0.2) is 41.6 Å². The lowest BCUT2D eigenvalue weighted by atomic mass is 9.96. The molecule has 0 unspecified atom stereocenters. The zero-order chi connectivity index (χ0) is 18.1. The number of nitrogens with one attached hydrogen (secondary N) is 1. The number of esters is 1. The summed E-state index contributed by atoms with van der Waals surface area (Å²) in [5.74, 6) is -0.534. The van der Waals surface area contributed by atoms with Gasteiger partial charge in [0.25, 0.3) is 0 Å². The smallest absolute Gasteiger partial charge is 0.338 e. The second-order valence-corrected chi connectivity index (χ2v) is 6.76. The first-order valence-corrected chi connectivity index (χ1v) is 8.96. The van der Waals surface area contributed by atoms with E-state index in [2.05, 4.69) is 5.32 Å². The molecule has 0 radical (unpaired) electrons. The van der Waals surface area contributed by atoms with Crippen LogP contribution in [0.3, 0.4) is 0 Å². The number of cyclic esters (lactones) is 1. The molecule has 0 bridgehead atoms. The molecule has 1 fully saturated rings. The van der Waals surface area contributed by atoms with Crippen molar-refractivity contribution in [1.29, 1.82) is 0 Å². The summed E-state index contributed by atoms with van der Waals surface area (Å²) in [6.45, 7) is 1.41. The van der Waals surface area contributed by atoms with Gasteiger partial charge in [0.15, 0.2) is 0 Å². The maximum Gasteiger partial charge on any atom is 0.338 e. The van der Waals surface area contributed by atoms with Crippen LogP contribution in [-0.4, -0.2) is 53.9 Å². The van der Waals surface area contributed by atoms with Crippen molar-refractivity contribution in [3.63, 3.8) is 0 Å². The van der Waals surface area contributed by atoms with E-state index in [4.69, 9.17) is 4.74 Å². The van der Waals surface area contributed by atoms with E-state index in [9.17, 15) is 14.4 Å². The SMILES string of the molecule is O=C1OCC2=C1[C@H](c1ccccc1)NC(=O)N2CC(=O)N1CCCCC1. The maximum absolute atomic E-state index is 12.7. The highest BCUT2D eigenvalue weighted by atomic mass is 16.5. The van der Waals surface area contributed by atoms with Crippen molar-refractivity contribution in [1.82, 2.24) is 15.1 Å². The Morgan fingerprint density at radius 1 is 1.12 bits per heavy atom. The number of carbonyl (C=O) groups is 3. The molecule has 136 valence electrons. The lowest BCUT2D eigenvalue weighted by molar-refractivity contribution is -0.136. The number of piperidine rings is 1. The summed E-state index contributed by atoms with van der Waals surface area (Å²) in [5, 5.41) is 2.85. The van der Waals surface area contributed by atoms with Crippen LogP contribution in [0.5, 0.6) is 0 Å². The highest BCUT2D eigenvalue weighted by Crippen LogP contribution is 2.34. The predicted octanol–water partition coefficient (Wildman–Crippen LogP) is 1.58. The van der Waals surface area contributed by atoms with Gasteiger partial charge in [-0.3, -0.25) is 9.69 Å². The molecular formula is C19H21N3O4. The standard InChI is InChI=1S/C19H21N3O4/c23-15(21-9-5-2-6-10-21)11-22-14-12-26-18(24)16(14)17(20-19(22)25)13-7-3-1-4-8-13/h1,3-4,7-8,17H,2,5-6,9-12H2,(H,20,25)/t17-/m0/s1. The van der Waals surface area contributed by atoms with Crippen molar-refractivity contribution >= 4 is 17.9 Å². The number of carbonyl (C=O) groups excluding carboxylic acids is 3. The molecule has 0 saturated carbocycles. The molecule has 1 saturated heterocycles. The van der Waals surface area contributed by atoms with Crippen LogP contribution >= 0.6 is 0 Å².